The van der Waals surface area contributed by atoms with Crippen LogP contribution in [0.2, 0.25) is 0 Å². The molecule has 0 aliphatic carbocycles. The second-order valence-electron chi connectivity index (χ2n) is 4.51. The van der Waals surface area contributed by atoms with Crippen molar-refractivity contribution in [3.05, 3.63) is 48.0 Å². The topological polar surface area (TPSA) is 40.0 Å². The van der Waals surface area contributed by atoms with Crippen molar-refractivity contribution in [2.75, 3.05) is 20.1 Å². The number of halogens is 1. The average Bonchev–Trinajstić information content (AvgIpc) is 2.99. The van der Waals surface area contributed by atoms with E-state index in [9.17, 15) is 0 Å². The fourth-order valence-corrected chi connectivity index (χ4v) is 2.10. The van der Waals surface area contributed by atoms with Crippen LogP contribution in [-0.4, -0.2) is 37.3 Å². The highest BCUT2D eigenvalue weighted by Gasteiger charge is 2.08. The molecule has 4 nitrogen and oxygen atoms in total. The van der Waals surface area contributed by atoms with Crippen LogP contribution in [0.5, 0.6) is 0 Å². The summed E-state index contributed by atoms with van der Waals surface area (Å²) in [4.78, 5) is 4.32. The number of hydrogen-bond donors (Lipinski definition) is 1. The monoisotopic (exact) mass is 380 g/mol. The molecule has 0 saturated heterocycles. The molecule has 0 atom stereocenters. The molecule has 0 aromatic heterocycles. The van der Waals surface area contributed by atoms with Gasteiger partial charge in [0, 0.05) is 13.6 Å². The van der Waals surface area contributed by atoms with Gasteiger partial charge in [-0.05, 0) is 22.4 Å². The van der Waals surface area contributed by atoms with Crippen LogP contribution in [0.1, 0.15) is 5.56 Å². The van der Waals surface area contributed by atoms with E-state index in [4.69, 9.17) is 0 Å². The Labute approximate surface area is 135 Å². The average molecular weight is 380 g/mol. The van der Waals surface area contributed by atoms with E-state index in [0.717, 1.165) is 24.6 Å². The number of hydrazone groups is 1. The minimum absolute atomic E-state index is 0. The number of nitrogens with zero attached hydrogens (tertiary/aromatic N) is 3. The molecule has 0 amide bonds. The molecule has 3 rings (SSSR count). The Balaban J connectivity index is 0.00000147. The number of guanidine groups is 1. The van der Waals surface area contributed by atoms with Crippen molar-refractivity contribution in [1.82, 2.24) is 10.3 Å². The third-order valence-electron chi connectivity index (χ3n) is 3.12. The third-order valence-corrected chi connectivity index (χ3v) is 3.12. The lowest BCUT2D eigenvalue weighted by atomic mass is 10.1. The van der Waals surface area contributed by atoms with Gasteiger partial charge in [-0.1, -0.05) is 36.4 Å². The van der Waals surface area contributed by atoms with Crippen molar-refractivity contribution in [2.24, 2.45) is 10.1 Å². The number of nitrogens with one attached hydrogen (secondary N) is 1. The molecular weight excluding hydrogens is 363 g/mol. The summed E-state index contributed by atoms with van der Waals surface area (Å²) in [6.45, 7) is 1.72. The first-order valence-corrected chi connectivity index (χ1v) is 6.38. The Kier molecular flexibility index (Phi) is 4.94. The number of fused-ring (bicyclic) bond motifs is 1. The van der Waals surface area contributed by atoms with E-state index in [-0.39, 0.29) is 24.0 Å². The lowest BCUT2D eigenvalue weighted by molar-refractivity contribution is 0.531. The zero-order valence-corrected chi connectivity index (χ0v) is 13.6. The molecule has 0 spiro atoms. The van der Waals surface area contributed by atoms with Gasteiger partial charge in [-0.15, -0.1) is 24.0 Å². The van der Waals surface area contributed by atoms with Crippen LogP contribution in [0, 0.1) is 0 Å². The largest absolute Gasteiger partial charge is 0.353 e. The molecule has 1 aliphatic rings. The first-order chi connectivity index (χ1) is 9.33. The quantitative estimate of drug-likeness (QED) is 0.495. The van der Waals surface area contributed by atoms with Crippen LogP contribution >= 0.6 is 24.0 Å². The summed E-state index contributed by atoms with van der Waals surface area (Å²) in [6, 6.07) is 14.6. The predicted molar refractivity (Wildman–Crippen MR) is 95.0 cm³/mol. The van der Waals surface area contributed by atoms with Gasteiger partial charge in [0.15, 0.2) is 0 Å². The van der Waals surface area contributed by atoms with Crippen molar-refractivity contribution < 1.29 is 0 Å². The summed E-state index contributed by atoms with van der Waals surface area (Å²) >= 11 is 0. The maximum atomic E-state index is 4.40. The van der Waals surface area contributed by atoms with E-state index in [0.29, 0.717) is 0 Å². The smallest absolute Gasteiger partial charge is 0.214 e. The van der Waals surface area contributed by atoms with E-state index in [1.807, 2.05) is 25.4 Å². The molecule has 0 bridgehead atoms. The summed E-state index contributed by atoms with van der Waals surface area (Å²) in [5.41, 5.74) is 1.09. The molecular formula is C15H17IN4. The molecule has 2 aromatic carbocycles. The maximum Gasteiger partial charge on any atom is 0.214 e. The van der Waals surface area contributed by atoms with Crippen molar-refractivity contribution in [1.29, 1.82) is 0 Å². The Morgan fingerprint density at radius 2 is 2.00 bits per heavy atom. The molecule has 0 unspecified atom stereocenters. The molecule has 104 valence electrons. The summed E-state index contributed by atoms with van der Waals surface area (Å²) in [7, 11) is 1.90. The lowest BCUT2D eigenvalue weighted by Gasteiger charge is -2.12. The van der Waals surface area contributed by atoms with Crippen LogP contribution in [0.15, 0.2) is 52.6 Å². The Morgan fingerprint density at radius 1 is 1.20 bits per heavy atom. The fraction of sp³-hybridized carbons (Fsp3) is 0.200. The van der Waals surface area contributed by atoms with Crippen LogP contribution in [0.3, 0.4) is 0 Å². The van der Waals surface area contributed by atoms with Gasteiger partial charge in [-0.25, -0.2) is 10.0 Å². The first-order valence-electron chi connectivity index (χ1n) is 6.38. The second-order valence-corrected chi connectivity index (χ2v) is 4.51. The number of aliphatic imine (C=N–C) groups is 1. The van der Waals surface area contributed by atoms with Gasteiger partial charge in [-0.2, -0.15) is 5.10 Å². The van der Waals surface area contributed by atoms with Crippen LogP contribution in [0.25, 0.3) is 10.8 Å². The second kappa shape index (κ2) is 6.69. The summed E-state index contributed by atoms with van der Waals surface area (Å²) in [5, 5.41) is 11.8. The van der Waals surface area contributed by atoms with Gasteiger partial charge in [0.2, 0.25) is 5.96 Å². The van der Waals surface area contributed by atoms with Crippen LogP contribution in [0.4, 0.5) is 0 Å². The van der Waals surface area contributed by atoms with E-state index < -0.39 is 0 Å². The molecule has 1 heterocycles. The number of benzene rings is 2. The Hall–Kier alpha value is -1.63. The van der Waals surface area contributed by atoms with E-state index in [1.54, 1.807) is 5.01 Å². The third kappa shape index (κ3) is 3.27. The minimum atomic E-state index is 0. The van der Waals surface area contributed by atoms with Crippen LogP contribution < -0.4 is 5.32 Å². The van der Waals surface area contributed by atoms with Gasteiger partial charge in [0.05, 0.1) is 12.8 Å². The zero-order valence-electron chi connectivity index (χ0n) is 11.3. The SMILES string of the molecule is CN(/N=C/c1ccc2ccccc2c1)C1=NCCN1.I. The molecule has 0 saturated carbocycles. The Morgan fingerprint density at radius 3 is 2.75 bits per heavy atom. The van der Waals surface area contributed by atoms with E-state index >= 15 is 0 Å². The molecule has 20 heavy (non-hydrogen) atoms. The summed E-state index contributed by atoms with van der Waals surface area (Å²) < 4.78 is 0. The molecule has 1 N–H and O–H groups in total. The lowest BCUT2D eigenvalue weighted by Crippen LogP contribution is -2.32. The minimum Gasteiger partial charge on any atom is -0.353 e. The standard InChI is InChI=1S/C15H16N4.HI/c1-19(15-16-8-9-17-15)18-11-12-6-7-13-4-2-3-5-14(13)10-12;/h2-7,10-11H,8-9H2,1H3,(H,16,17);1H/b18-11+;. The number of rotatable bonds is 2. The van der Waals surface area contributed by atoms with Gasteiger partial charge in [0.25, 0.3) is 0 Å². The highest BCUT2D eigenvalue weighted by atomic mass is 127. The van der Waals surface area contributed by atoms with Gasteiger partial charge >= 0.3 is 0 Å². The molecule has 1 aliphatic heterocycles. The van der Waals surface area contributed by atoms with Gasteiger partial charge in [-0.3, -0.25) is 0 Å². The Bertz CT molecular complexity index is 651. The van der Waals surface area contributed by atoms with Gasteiger partial charge in [0.1, 0.15) is 0 Å². The van der Waals surface area contributed by atoms with Crippen molar-refractivity contribution in [3.63, 3.8) is 0 Å². The highest BCUT2D eigenvalue weighted by Crippen LogP contribution is 2.14. The van der Waals surface area contributed by atoms with Crippen molar-refractivity contribution >= 4 is 46.9 Å². The summed E-state index contributed by atoms with van der Waals surface area (Å²) in [5.74, 6) is 0.831. The fourth-order valence-electron chi connectivity index (χ4n) is 2.10. The van der Waals surface area contributed by atoms with E-state index in [2.05, 4.69) is 45.7 Å². The summed E-state index contributed by atoms with van der Waals surface area (Å²) in [6.07, 6.45) is 1.86. The highest BCUT2D eigenvalue weighted by molar-refractivity contribution is 14.0. The van der Waals surface area contributed by atoms with E-state index in [1.165, 1.54) is 10.8 Å². The predicted octanol–water partition coefficient (Wildman–Crippen LogP) is 2.68. The van der Waals surface area contributed by atoms with Crippen LogP contribution in [-0.2, 0) is 0 Å². The molecule has 0 radical (unpaired) electrons. The molecule has 5 heteroatoms. The maximum absolute atomic E-state index is 4.40. The first kappa shape index (κ1) is 14.8. The van der Waals surface area contributed by atoms with Crippen molar-refractivity contribution in [2.45, 2.75) is 0 Å². The molecule has 0 fully saturated rings. The zero-order chi connectivity index (χ0) is 13.1. The normalized spacial score (nSPS) is 13.9. The van der Waals surface area contributed by atoms with Gasteiger partial charge < -0.3 is 5.32 Å². The number of hydrogen-bond acceptors (Lipinski definition) is 4. The van der Waals surface area contributed by atoms with Crippen molar-refractivity contribution in [3.8, 4) is 0 Å². The molecule has 2 aromatic rings.